The molecule has 1 fully saturated rings. The highest BCUT2D eigenvalue weighted by atomic mass is 16.5. The van der Waals surface area contributed by atoms with Crippen molar-refractivity contribution in [2.24, 2.45) is 0 Å². The highest BCUT2D eigenvalue weighted by Crippen LogP contribution is 2.27. The van der Waals surface area contributed by atoms with E-state index in [1.54, 1.807) is 13.3 Å². The number of ether oxygens (including phenoxy) is 2. The van der Waals surface area contributed by atoms with Crippen molar-refractivity contribution in [2.45, 2.75) is 32.4 Å². The van der Waals surface area contributed by atoms with E-state index in [1.165, 1.54) is 0 Å². The van der Waals surface area contributed by atoms with Crippen molar-refractivity contribution in [1.29, 1.82) is 0 Å². The summed E-state index contributed by atoms with van der Waals surface area (Å²) >= 11 is 0. The Morgan fingerprint density at radius 2 is 2.12 bits per heavy atom. The van der Waals surface area contributed by atoms with Gasteiger partial charge in [-0.15, -0.1) is 0 Å². The number of para-hydroxylation sites is 1. The van der Waals surface area contributed by atoms with E-state index in [0.29, 0.717) is 26.2 Å². The standard InChI is InChI=1S/C19H25N3O3/c1-15-6-4-5-7-17(15)25-14-19(24-3)8-10-22(13-19)18(23)12-21-11-9-20-16(21)2/h4-7,9,11H,8,10,12-14H2,1-3H3/t19-/m1/s1. The molecular formula is C19H25N3O3. The maximum Gasteiger partial charge on any atom is 0.242 e. The topological polar surface area (TPSA) is 56.6 Å². The van der Waals surface area contributed by atoms with E-state index >= 15 is 0 Å². The Hall–Kier alpha value is -2.34. The fourth-order valence-electron chi connectivity index (χ4n) is 3.15. The predicted molar refractivity (Wildman–Crippen MR) is 94.6 cm³/mol. The zero-order valence-electron chi connectivity index (χ0n) is 15.1. The first-order chi connectivity index (χ1) is 12.0. The number of likely N-dealkylation sites (tertiary alicyclic amines) is 1. The van der Waals surface area contributed by atoms with Gasteiger partial charge in [-0.05, 0) is 31.9 Å². The fraction of sp³-hybridized carbons (Fsp3) is 0.474. The third-order valence-electron chi connectivity index (χ3n) is 4.92. The Balaban J connectivity index is 1.61. The number of imidazole rings is 1. The number of hydrogen-bond donors (Lipinski definition) is 0. The molecule has 1 aromatic heterocycles. The lowest BCUT2D eigenvalue weighted by molar-refractivity contribution is -0.132. The number of aromatic nitrogens is 2. The van der Waals surface area contributed by atoms with Crippen molar-refractivity contribution in [3.05, 3.63) is 48.0 Å². The van der Waals surface area contributed by atoms with E-state index in [9.17, 15) is 4.79 Å². The number of aryl methyl sites for hydroxylation is 2. The zero-order valence-corrected chi connectivity index (χ0v) is 15.1. The quantitative estimate of drug-likeness (QED) is 0.807. The van der Waals surface area contributed by atoms with E-state index in [1.807, 2.05) is 53.8 Å². The van der Waals surface area contributed by atoms with Crippen molar-refractivity contribution in [3.8, 4) is 5.75 Å². The van der Waals surface area contributed by atoms with Crippen LogP contribution in [0.3, 0.4) is 0 Å². The number of hydrogen-bond acceptors (Lipinski definition) is 4. The largest absolute Gasteiger partial charge is 0.490 e. The molecule has 1 aliphatic rings. The lowest BCUT2D eigenvalue weighted by atomic mass is 10.0. The lowest BCUT2D eigenvalue weighted by Crippen LogP contribution is -2.43. The molecule has 3 rings (SSSR count). The molecule has 2 aromatic rings. The first-order valence-electron chi connectivity index (χ1n) is 8.52. The Morgan fingerprint density at radius 3 is 2.80 bits per heavy atom. The average Bonchev–Trinajstić information content (AvgIpc) is 3.22. The van der Waals surface area contributed by atoms with Crippen LogP contribution in [0.1, 0.15) is 17.8 Å². The van der Waals surface area contributed by atoms with Crippen molar-refractivity contribution in [2.75, 3.05) is 26.8 Å². The number of carbonyl (C=O) groups excluding carboxylic acids is 1. The molecule has 6 heteroatoms. The van der Waals surface area contributed by atoms with E-state index < -0.39 is 5.60 Å². The highest BCUT2D eigenvalue weighted by Gasteiger charge is 2.41. The van der Waals surface area contributed by atoms with E-state index in [2.05, 4.69) is 4.98 Å². The monoisotopic (exact) mass is 343 g/mol. The van der Waals surface area contributed by atoms with Gasteiger partial charge in [0.15, 0.2) is 0 Å². The average molecular weight is 343 g/mol. The van der Waals surface area contributed by atoms with Gasteiger partial charge in [0, 0.05) is 26.0 Å². The Labute approximate surface area is 148 Å². The summed E-state index contributed by atoms with van der Waals surface area (Å²) in [7, 11) is 1.69. The Bertz CT molecular complexity index is 743. The second-order valence-corrected chi connectivity index (χ2v) is 6.61. The number of carbonyl (C=O) groups is 1. The van der Waals surface area contributed by atoms with Crippen LogP contribution >= 0.6 is 0 Å². The minimum absolute atomic E-state index is 0.0796. The van der Waals surface area contributed by atoms with Crippen molar-refractivity contribution >= 4 is 5.91 Å². The van der Waals surface area contributed by atoms with Gasteiger partial charge in [0.05, 0.1) is 6.54 Å². The van der Waals surface area contributed by atoms with Gasteiger partial charge in [-0.25, -0.2) is 4.98 Å². The van der Waals surface area contributed by atoms with Crippen LogP contribution in [0, 0.1) is 13.8 Å². The molecule has 0 unspecified atom stereocenters. The van der Waals surface area contributed by atoms with Gasteiger partial charge < -0.3 is 18.9 Å². The smallest absolute Gasteiger partial charge is 0.242 e. The van der Waals surface area contributed by atoms with Crippen molar-refractivity contribution in [1.82, 2.24) is 14.5 Å². The predicted octanol–water partition coefficient (Wildman–Crippen LogP) is 2.20. The maximum atomic E-state index is 12.6. The maximum absolute atomic E-state index is 12.6. The first-order valence-corrected chi connectivity index (χ1v) is 8.52. The highest BCUT2D eigenvalue weighted by molar-refractivity contribution is 5.76. The molecule has 0 saturated carbocycles. The summed E-state index contributed by atoms with van der Waals surface area (Å²) < 4.78 is 13.6. The first kappa shape index (κ1) is 17.5. The fourth-order valence-corrected chi connectivity index (χ4v) is 3.15. The van der Waals surface area contributed by atoms with Crippen LogP contribution in [0.2, 0.25) is 0 Å². The molecule has 0 aliphatic carbocycles. The zero-order chi connectivity index (χ0) is 17.9. The van der Waals surface area contributed by atoms with Gasteiger partial charge in [-0.3, -0.25) is 4.79 Å². The number of amides is 1. The molecule has 1 aliphatic heterocycles. The second-order valence-electron chi connectivity index (χ2n) is 6.61. The molecule has 1 amide bonds. The minimum atomic E-state index is -0.456. The van der Waals surface area contributed by atoms with Crippen LogP contribution in [0.4, 0.5) is 0 Å². The summed E-state index contributed by atoms with van der Waals surface area (Å²) in [5, 5.41) is 0. The van der Waals surface area contributed by atoms with Gasteiger partial charge in [0.25, 0.3) is 0 Å². The van der Waals surface area contributed by atoms with Gasteiger partial charge in [-0.2, -0.15) is 0 Å². The van der Waals surface area contributed by atoms with Crippen molar-refractivity contribution in [3.63, 3.8) is 0 Å². The molecule has 2 heterocycles. The van der Waals surface area contributed by atoms with Gasteiger partial charge in [0.1, 0.15) is 30.3 Å². The summed E-state index contributed by atoms with van der Waals surface area (Å²) in [5.74, 6) is 1.78. The van der Waals surface area contributed by atoms with E-state index in [4.69, 9.17) is 9.47 Å². The Kier molecular flexibility index (Phi) is 5.08. The third-order valence-corrected chi connectivity index (χ3v) is 4.92. The summed E-state index contributed by atoms with van der Waals surface area (Å²) in [4.78, 5) is 18.6. The molecule has 6 nitrogen and oxygen atoms in total. The van der Waals surface area contributed by atoms with Gasteiger partial charge >= 0.3 is 0 Å². The van der Waals surface area contributed by atoms with Crippen LogP contribution in [0.5, 0.6) is 5.75 Å². The van der Waals surface area contributed by atoms with Crippen LogP contribution in [-0.4, -0.2) is 52.8 Å². The van der Waals surface area contributed by atoms with Crippen LogP contribution in [0.15, 0.2) is 36.7 Å². The molecule has 1 aromatic carbocycles. The lowest BCUT2D eigenvalue weighted by Gasteiger charge is -2.28. The summed E-state index contributed by atoms with van der Waals surface area (Å²) in [6.45, 7) is 5.88. The minimum Gasteiger partial charge on any atom is -0.490 e. The normalized spacial score (nSPS) is 20.0. The van der Waals surface area contributed by atoms with Crippen LogP contribution in [0.25, 0.3) is 0 Å². The van der Waals surface area contributed by atoms with E-state index in [0.717, 1.165) is 23.6 Å². The molecular weight excluding hydrogens is 318 g/mol. The van der Waals surface area contributed by atoms with Crippen molar-refractivity contribution < 1.29 is 14.3 Å². The molecule has 0 N–H and O–H groups in total. The van der Waals surface area contributed by atoms with Crippen LogP contribution < -0.4 is 4.74 Å². The van der Waals surface area contributed by atoms with Gasteiger partial charge in [0.2, 0.25) is 5.91 Å². The number of benzene rings is 1. The molecule has 1 saturated heterocycles. The van der Waals surface area contributed by atoms with Crippen LogP contribution in [-0.2, 0) is 16.1 Å². The summed E-state index contributed by atoms with van der Waals surface area (Å²) in [6.07, 6.45) is 4.31. The van der Waals surface area contributed by atoms with Gasteiger partial charge in [-0.1, -0.05) is 18.2 Å². The molecule has 0 spiro atoms. The van der Waals surface area contributed by atoms with E-state index in [-0.39, 0.29) is 5.91 Å². The molecule has 1 atom stereocenters. The third kappa shape index (κ3) is 3.85. The second kappa shape index (κ2) is 7.27. The number of rotatable bonds is 6. The number of methoxy groups -OCH3 is 1. The molecule has 134 valence electrons. The number of nitrogens with zero attached hydrogens (tertiary/aromatic N) is 3. The summed E-state index contributed by atoms with van der Waals surface area (Å²) in [6, 6.07) is 7.92. The molecule has 0 bridgehead atoms. The SMILES string of the molecule is CO[C@]1(COc2ccccc2C)CCN(C(=O)Cn2ccnc2C)C1. The summed E-state index contributed by atoms with van der Waals surface area (Å²) in [5.41, 5.74) is 0.636. The molecule has 25 heavy (non-hydrogen) atoms. The Morgan fingerprint density at radius 1 is 1.32 bits per heavy atom. The molecule has 0 radical (unpaired) electrons.